The SMILES string of the molecule is Fc1ccc(C(=CCCN2CCCCC2)c2ccccc2)cc1. The fourth-order valence-corrected chi connectivity index (χ4v) is 3.22. The van der Waals surface area contributed by atoms with Crippen LogP contribution in [0.3, 0.4) is 0 Å². The summed E-state index contributed by atoms with van der Waals surface area (Å²) in [4.78, 5) is 2.55. The number of nitrogens with zero attached hydrogens (tertiary/aromatic N) is 1. The van der Waals surface area contributed by atoms with E-state index in [1.165, 1.54) is 55.6 Å². The van der Waals surface area contributed by atoms with Gasteiger partial charge in [-0.15, -0.1) is 0 Å². The third kappa shape index (κ3) is 4.52. The van der Waals surface area contributed by atoms with E-state index in [0.29, 0.717) is 0 Å². The van der Waals surface area contributed by atoms with Crippen LogP contribution in [0, 0.1) is 5.82 Å². The first-order valence-electron chi connectivity index (χ1n) is 8.57. The quantitative estimate of drug-likeness (QED) is 0.740. The molecule has 2 heteroatoms. The van der Waals surface area contributed by atoms with Gasteiger partial charge in [0.2, 0.25) is 0 Å². The first-order chi connectivity index (χ1) is 11.3. The molecule has 0 aromatic heterocycles. The maximum Gasteiger partial charge on any atom is 0.123 e. The Kier molecular flexibility index (Phi) is 5.60. The van der Waals surface area contributed by atoms with Crippen molar-refractivity contribution in [1.29, 1.82) is 0 Å². The largest absolute Gasteiger partial charge is 0.303 e. The Hall–Kier alpha value is -1.93. The molecule has 2 aromatic carbocycles. The van der Waals surface area contributed by atoms with E-state index >= 15 is 0 Å². The molecule has 0 saturated carbocycles. The molecule has 0 N–H and O–H groups in total. The standard InChI is InChI=1S/C21H24FN/c22-20-13-11-19(12-14-20)21(18-8-3-1-4-9-18)10-7-17-23-15-5-2-6-16-23/h1,3-4,8-14H,2,5-7,15-17H2. The molecule has 0 bridgehead atoms. The topological polar surface area (TPSA) is 3.24 Å². The summed E-state index contributed by atoms with van der Waals surface area (Å²) in [5, 5.41) is 0. The van der Waals surface area contributed by atoms with Crippen molar-refractivity contribution in [3.63, 3.8) is 0 Å². The Morgan fingerprint density at radius 3 is 2.22 bits per heavy atom. The van der Waals surface area contributed by atoms with Crippen molar-refractivity contribution in [3.8, 4) is 0 Å². The van der Waals surface area contributed by atoms with Crippen molar-refractivity contribution < 1.29 is 4.39 Å². The first kappa shape index (κ1) is 15.9. The summed E-state index contributed by atoms with van der Waals surface area (Å²) in [6, 6.07) is 17.2. The zero-order chi connectivity index (χ0) is 15.9. The van der Waals surface area contributed by atoms with Gasteiger partial charge in [-0.25, -0.2) is 4.39 Å². The fraction of sp³-hybridized carbons (Fsp3) is 0.333. The molecule has 0 radical (unpaired) electrons. The smallest absolute Gasteiger partial charge is 0.123 e. The van der Waals surface area contributed by atoms with Gasteiger partial charge in [0.1, 0.15) is 5.82 Å². The van der Waals surface area contributed by atoms with Crippen LogP contribution in [-0.2, 0) is 0 Å². The lowest BCUT2D eigenvalue weighted by molar-refractivity contribution is 0.233. The van der Waals surface area contributed by atoms with Crippen LogP contribution in [0.15, 0.2) is 60.7 Å². The van der Waals surface area contributed by atoms with Gasteiger partial charge in [-0.2, -0.15) is 0 Å². The third-order valence-corrected chi connectivity index (χ3v) is 4.48. The Labute approximate surface area is 138 Å². The van der Waals surface area contributed by atoms with Crippen LogP contribution >= 0.6 is 0 Å². The van der Waals surface area contributed by atoms with Crippen LogP contribution < -0.4 is 0 Å². The number of halogens is 1. The molecule has 1 fully saturated rings. The lowest BCUT2D eigenvalue weighted by Crippen LogP contribution is -2.30. The van der Waals surface area contributed by atoms with Gasteiger partial charge in [-0.3, -0.25) is 0 Å². The van der Waals surface area contributed by atoms with Gasteiger partial charge in [0.05, 0.1) is 0 Å². The Bertz CT molecular complexity index is 625. The molecular formula is C21H24FN. The summed E-state index contributed by atoms with van der Waals surface area (Å²) in [6.07, 6.45) is 7.36. The number of benzene rings is 2. The summed E-state index contributed by atoms with van der Waals surface area (Å²) in [6.45, 7) is 3.56. The van der Waals surface area contributed by atoms with Crippen LogP contribution in [0.5, 0.6) is 0 Å². The average molecular weight is 309 g/mol. The van der Waals surface area contributed by atoms with Crippen molar-refractivity contribution in [3.05, 3.63) is 77.6 Å². The normalized spacial score (nSPS) is 16.5. The minimum absolute atomic E-state index is 0.186. The fourth-order valence-electron chi connectivity index (χ4n) is 3.22. The Balaban J connectivity index is 1.77. The maximum atomic E-state index is 13.2. The highest BCUT2D eigenvalue weighted by atomic mass is 19.1. The molecule has 0 amide bonds. The van der Waals surface area contributed by atoms with E-state index < -0.39 is 0 Å². The van der Waals surface area contributed by atoms with Crippen LogP contribution in [0.1, 0.15) is 36.8 Å². The third-order valence-electron chi connectivity index (χ3n) is 4.48. The predicted octanol–water partition coefficient (Wildman–Crippen LogP) is 5.13. The Morgan fingerprint density at radius 2 is 1.52 bits per heavy atom. The predicted molar refractivity (Wildman–Crippen MR) is 94.8 cm³/mol. The molecule has 0 atom stereocenters. The van der Waals surface area contributed by atoms with E-state index in [0.717, 1.165) is 18.5 Å². The van der Waals surface area contributed by atoms with E-state index in [-0.39, 0.29) is 5.82 Å². The van der Waals surface area contributed by atoms with E-state index in [1.54, 1.807) is 0 Å². The van der Waals surface area contributed by atoms with Gasteiger partial charge in [0.25, 0.3) is 0 Å². The molecule has 120 valence electrons. The highest BCUT2D eigenvalue weighted by molar-refractivity contribution is 5.79. The second kappa shape index (κ2) is 8.07. The van der Waals surface area contributed by atoms with Gasteiger partial charge in [0.15, 0.2) is 0 Å². The summed E-state index contributed by atoms with van der Waals surface area (Å²) in [5.74, 6) is -0.186. The van der Waals surface area contributed by atoms with Crippen molar-refractivity contribution in [2.24, 2.45) is 0 Å². The van der Waals surface area contributed by atoms with Gasteiger partial charge in [0, 0.05) is 6.54 Å². The molecule has 1 aliphatic rings. The van der Waals surface area contributed by atoms with Crippen molar-refractivity contribution in [2.75, 3.05) is 19.6 Å². The summed E-state index contributed by atoms with van der Waals surface area (Å²) < 4.78 is 13.2. The van der Waals surface area contributed by atoms with Gasteiger partial charge in [-0.1, -0.05) is 55.0 Å². The molecule has 1 saturated heterocycles. The molecule has 1 nitrogen and oxygen atoms in total. The molecule has 23 heavy (non-hydrogen) atoms. The highest BCUT2D eigenvalue weighted by Gasteiger charge is 2.09. The molecule has 3 rings (SSSR count). The lowest BCUT2D eigenvalue weighted by Gasteiger charge is -2.25. The van der Waals surface area contributed by atoms with Crippen molar-refractivity contribution in [1.82, 2.24) is 4.90 Å². The first-order valence-corrected chi connectivity index (χ1v) is 8.57. The number of hydrogen-bond acceptors (Lipinski definition) is 1. The minimum Gasteiger partial charge on any atom is -0.303 e. The van der Waals surface area contributed by atoms with Crippen LogP contribution in [-0.4, -0.2) is 24.5 Å². The molecule has 1 aliphatic heterocycles. The highest BCUT2D eigenvalue weighted by Crippen LogP contribution is 2.24. The number of hydrogen-bond donors (Lipinski definition) is 0. The van der Waals surface area contributed by atoms with Gasteiger partial charge >= 0.3 is 0 Å². The lowest BCUT2D eigenvalue weighted by atomic mass is 9.97. The van der Waals surface area contributed by atoms with Crippen molar-refractivity contribution >= 4 is 5.57 Å². The second-order valence-electron chi connectivity index (χ2n) is 6.18. The van der Waals surface area contributed by atoms with Crippen LogP contribution in [0.25, 0.3) is 5.57 Å². The van der Waals surface area contributed by atoms with Gasteiger partial charge in [-0.05, 0) is 61.2 Å². The van der Waals surface area contributed by atoms with E-state index in [9.17, 15) is 4.39 Å². The van der Waals surface area contributed by atoms with Gasteiger partial charge < -0.3 is 4.90 Å². The summed E-state index contributed by atoms with van der Waals surface area (Å²) in [7, 11) is 0. The molecule has 0 spiro atoms. The monoisotopic (exact) mass is 309 g/mol. The summed E-state index contributed by atoms with van der Waals surface area (Å²) in [5.41, 5.74) is 3.47. The van der Waals surface area contributed by atoms with Crippen LogP contribution in [0.4, 0.5) is 4.39 Å². The van der Waals surface area contributed by atoms with Crippen molar-refractivity contribution in [2.45, 2.75) is 25.7 Å². The van der Waals surface area contributed by atoms with Crippen LogP contribution in [0.2, 0.25) is 0 Å². The summed E-state index contributed by atoms with van der Waals surface area (Å²) >= 11 is 0. The van der Waals surface area contributed by atoms with E-state index in [2.05, 4.69) is 35.2 Å². The second-order valence-corrected chi connectivity index (χ2v) is 6.18. The maximum absolute atomic E-state index is 13.2. The molecule has 2 aromatic rings. The molecule has 0 unspecified atom stereocenters. The average Bonchev–Trinajstić information content (AvgIpc) is 2.61. The number of likely N-dealkylation sites (tertiary alicyclic amines) is 1. The minimum atomic E-state index is -0.186. The zero-order valence-corrected chi connectivity index (χ0v) is 13.5. The zero-order valence-electron chi connectivity index (χ0n) is 13.5. The number of piperidine rings is 1. The molecular weight excluding hydrogens is 285 g/mol. The molecule has 0 aliphatic carbocycles. The molecule has 1 heterocycles. The van der Waals surface area contributed by atoms with E-state index in [4.69, 9.17) is 0 Å². The number of rotatable bonds is 5. The Morgan fingerprint density at radius 1 is 0.870 bits per heavy atom. The van der Waals surface area contributed by atoms with E-state index in [1.807, 2.05) is 18.2 Å².